The molecule has 1 N–H and O–H groups in total. The fourth-order valence-corrected chi connectivity index (χ4v) is 5.45. The first-order chi connectivity index (χ1) is 19.4. The second-order valence-electron chi connectivity index (χ2n) is 9.13. The van der Waals surface area contributed by atoms with Crippen molar-refractivity contribution in [1.29, 1.82) is 0 Å². The van der Waals surface area contributed by atoms with Crippen molar-refractivity contribution in [3.63, 3.8) is 0 Å². The van der Waals surface area contributed by atoms with Gasteiger partial charge in [-0.2, -0.15) is 0 Å². The van der Waals surface area contributed by atoms with Gasteiger partial charge in [-0.1, -0.05) is 54.6 Å². The van der Waals surface area contributed by atoms with Crippen molar-refractivity contribution in [1.82, 2.24) is 15.1 Å². The summed E-state index contributed by atoms with van der Waals surface area (Å²) < 4.78 is 5.14. The van der Waals surface area contributed by atoms with Gasteiger partial charge in [0, 0.05) is 19.5 Å². The minimum Gasteiger partial charge on any atom is -0.497 e. The van der Waals surface area contributed by atoms with E-state index in [1.165, 1.54) is 0 Å². The molecule has 0 unspecified atom stereocenters. The molecule has 3 aromatic rings. The van der Waals surface area contributed by atoms with Gasteiger partial charge in [0.1, 0.15) is 11.8 Å². The van der Waals surface area contributed by atoms with Gasteiger partial charge in [-0.25, -0.2) is 0 Å². The highest BCUT2D eigenvalue weighted by atomic mass is 32.2. The minimum absolute atomic E-state index is 0.0405. The van der Waals surface area contributed by atoms with E-state index in [4.69, 9.17) is 4.74 Å². The minimum atomic E-state index is -1.11. The second-order valence-corrected chi connectivity index (χ2v) is 10.1. The summed E-state index contributed by atoms with van der Waals surface area (Å²) >= 11 is 0.824. The molecule has 3 aromatic carbocycles. The van der Waals surface area contributed by atoms with Crippen molar-refractivity contribution in [2.75, 3.05) is 20.2 Å². The highest BCUT2D eigenvalue weighted by molar-refractivity contribution is 8.18. The average molecular weight is 556 g/mol. The number of thioether (sulfide) groups is 1. The molecule has 1 saturated heterocycles. The van der Waals surface area contributed by atoms with Crippen molar-refractivity contribution in [3.05, 3.63) is 106 Å². The molecule has 2 aliphatic heterocycles. The lowest BCUT2D eigenvalue weighted by molar-refractivity contribution is -0.126. The Labute approximate surface area is 234 Å². The van der Waals surface area contributed by atoms with Gasteiger partial charge in [-0.3, -0.25) is 33.8 Å². The molecule has 0 radical (unpaired) electrons. The number of hydrogen-bond donors (Lipinski definition) is 1. The van der Waals surface area contributed by atoms with E-state index in [1.807, 2.05) is 30.3 Å². The van der Waals surface area contributed by atoms with Gasteiger partial charge in [0.05, 0.1) is 23.1 Å². The Balaban J connectivity index is 1.27. The van der Waals surface area contributed by atoms with Crippen LogP contribution in [0.1, 0.15) is 31.8 Å². The number of carbonyl (C=O) groups is 5. The molecule has 2 aliphatic rings. The molecule has 40 heavy (non-hydrogen) atoms. The summed E-state index contributed by atoms with van der Waals surface area (Å²) in [5, 5.41) is 2.27. The second kappa shape index (κ2) is 11.6. The third-order valence-corrected chi connectivity index (χ3v) is 7.54. The van der Waals surface area contributed by atoms with E-state index in [1.54, 1.807) is 61.7 Å². The maximum atomic E-state index is 13.4. The van der Waals surface area contributed by atoms with Crippen LogP contribution in [0.4, 0.5) is 4.79 Å². The first kappa shape index (κ1) is 26.9. The van der Waals surface area contributed by atoms with E-state index in [0.717, 1.165) is 32.7 Å². The van der Waals surface area contributed by atoms with Crippen LogP contribution in [0, 0.1) is 0 Å². The lowest BCUT2D eigenvalue weighted by Crippen LogP contribution is -2.51. The first-order valence-electron chi connectivity index (χ1n) is 12.6. The van der Waals surface area contributed by atoms with Crippen LogP contribution >= 0.6 is 11.8 Å². The number of fused-ring (bicyclic) bond motifs is 1. The Morgan fingerprint density at radius 1 is 0.875 bits per heavy atom. The van der Waals surface area contributed by atoms with E-state index in [0.29, 0.717) is 5.75 Å². The van der Waals surface area contributed by atoms with E-state index in [-0.39, 0.29) is 35.5 Å². The van der Waals surface area contributed by atoms with Crippen LogP contribution in [-0.4, -0.2) is 64.9 Å². The third-order valence-electron chi connectivity index (χ3n) is 6.63. The molecule has 5 rings (SSSR count). The van der Waals surface area contributed by atoms with Crippen LogP contribution in [0.3, 0.4) is 0 Å². The maximum Gasteiger partial charge on any atom is 0.293 e. The molecule has 2 heterocycles. The molecule has 1 fully saturated rings. The number of imide groups is 2. The zero-order valence-electron chi connectivity index (χ0n) is 21.5. The van der Waals surface area contributed by atoms with Gasteiger partial charge in [-0.15, -0.1) is 0 Å². The average Bonchev–Trinajstić information content (AvgIpc) is 3.39. The number of nitrogens with zero attached hydrogens (tertiary/aromatic N) is 2. The van der Waals surface area contributed by atoms with Gasteiger partial charge in [0.2, 0.25) is 5.91 Å². The fraction of sp³-hybridized carbons (Fsp3) is 0.167. The highest BCUT2D eigenvalue weighted by Crippen LogP contribution is 2.32. The lowest BCUT2D eigenvalue weighted by atomic mass is 10.0. The topological polar surface area (TPSA) is 113 Å². The fourth-order valence-electron chi connectivity index (χ4n) is 4.58. The van der Waals surface area contributed by atoms with Crippen LogP contribution in [0.25, 0.3) is 6.08 Å². The molecule has 9 nitrogen and oxygen atoms in total. The number of benzene rings is 3. The Kier molecular flexibility index (Phi) is 7.79. The Hall–Kier alpha value is -4.70. The van der Waals surface area contributed by atoms with Crippen molar-refractivity contribution in [3.8, 4) is 5.75 Å². The molecule has 0 bridgehead atoms. The van der Waals surface area contributed by atoms with Crippen LogP contribution in [0.15, 0.2) is 83.8 Å². The maximum absolute atomic E-state index is 13.4. The summed E-state index contributed by atoms with van der Waals surface area (Å²) in [6.07, 6.45) is 1.74. The highest BCUT2D eigenvalue weighted by Gasteiger charge is 2.43. The van der Waals surface area contributed by atoms with E-state index < -0.39 is 34.9 Å². The molecular formula is C30H25N3O6S. The Morgan fingerprint density at radius 3 is 2.12 bits per heavy atom. The number of rotatable bonds is 9. The molecule has 1 atom stereocenters. The summed E-state index contributed by atoms with van der Waals surface area (Å²) in [5.74, 6) is -1.41. The SMILES string of the molecule is COc1ccc(/C=C2\SC(=O)N(CCNC(=O)[C@H](Cc3ccccc3)N3C(=O)c4ccccc4C3=O)C2=O)cc1. The Bertz CT molecular complexity index is 1480. The predicted molar refractivity (Wildman–Crippen MR) is 150 cm³/mol. The summed E-state index contributed by atoms with van der Waals surface area (Å²) in [5.41, 5.74) is 2.01. The van der Waals surface area contributed by atoms with Crippen molar-refractivity contribution >= 4 is 46.7 Å². The van der Waals surface area contributed by atoms with Gasteiger partial charge in [0.15, 0.2) is 0 Å². The zero-order chi connectivity index (χ0) is 28.2. The first-order valence-corrected chi connectivity index (χ1v) is 13.4. The number of ether oxygens (including phenoxy) is 1. The van der Waals surface area contributed by atoms with E-state index in [2.05, 4.69) is 5.32 Å². The largest absolute Gasteiger partial charge is 0.497 e. The van der Waals surface area contributed by atoms with Crippen LogP contribution in [-0.2, 0) is 16.0 Å². The smallest absolute Gasteiger partial charge is 0.293 e. The predicted octanol–water partition coefficient (Wildman–Crippen LogP) is 3.76. The summed E-state index contributed by atoms with van der Waals surface area (Å²) in [4.78, 5) is 67.5. The van der Waals surface area contributed by atoms with Gasteiger partial charge >= 0.3 is 0 Å². The van der Waals surface area contributed by atoms with Gasteiger partial charge < -0.3 is 10.1 Å². The standard InChI is InChI=1S/C30H25N3O6S/c1-39-21-13-11-20(12-14-21)18-25-29(37)32(30(38)40-25)16-15-31-26(34)24(17-19-7-3-2-4-8-19)33-27(35)22-9-5-6-10-23(22)28(33)36/h2-14,18,24H,15-17H2,1H3,(H,31,34)/b25-18-/t24-/m0/s1. The summed E-state index contributed by atoms with van der Waals surface area (Å²) in [6.45, 7) is -0.0995. The number of carbonyl (C=O) groups excluding carboxylic acids is 5. The van der Waals surface area contributed by atoms with E-state index >= 15 is 0 Å². The third kappa shape index (κ3) is 5.39. The van der Waals surface area contributed by atoms with Crippen LogP contribution in [0.2, 0.25) is 0 Å². The quantitative estimate of drug-likeness (QED) is 0.316. The van der Waals surface area contributed by atoms with Gasteiger partial charge in [-0.05, 0) is 53.2 Å². The van der Waals surface area contributed by atoms with Crippen molar-refractivity contribution in [2.45, 2.75) is 12.5 Å². The summed E-state index contributed by atoms with van der Waals surface area (Å²) in [7, 11) is 1.56. The number of nitrogens with one attached hydrogen (secondary N) is 1. The van der Waals surface area contributed by atoms with Crippen molar-refractivity contribution < 1.29 is 28.7 Å². The van der Waals surface area contributed by atoms with E-state index in [9.17, 15) is 24.0 Å². The lowest BCUT2D eigenvalue weighted by Gasteiger charge is -2.26. The number of amides is 5. The molecule has 5 amide bonds. The molecule has 0 spiro atoms. The molecule has 202 valence electrons. The summed E-state index contributed by atoms with van der Waals surface area (Å²) in [6, 6.07) is 21.5. The van der Waals surface area contributed by atoms with Crippen molar-refractivity contribution in [2.24, 2.45) is 0 Å². The zero-order valence-corrected chi connectivity index (χ0v) is 22.4. The normalized spacial score (nSPS) is 16.5. The molecule has 0 saturated carbocycles. The Morgan fingerprint density at radius 2 is 1.50 bits per heavy atom. The monoisotopic (exact) mass is 555 g/mol. The number of hydrogen-bond acceptors (Lipinski definition) is 7. The molecule has 0 aromatic heterocycles. The number of methoxy groups -OCH3 is 1. The van der Waals surface area contributed by atoms with Gasteiger partial charge in [0.25, 0.3) is 23.0 Å². The van der Waals surface area contributed by atoms with Crippen LogP contribution in [0.5, 0.6) is 5.75 Å². The molecule has 0 aliphatic carbocycles. The molecular weight excluding hydrogens is 530 g/mol. The van der Waals surface area contributed by atoms with Crippen LogP contribution < -0.4 is 10.1 Å². The molecule has 10 heteroatoms.